The zero-order valence-corrected chi connectivity index (χ0v) is 14.5. The van der Waals surface area contributed by atoms with E-state index in [1.807, 2.05) is 42.7 Å². The third-order valence-corrected chi connectivity index (χ3v) is 5.54. The summed E-state index contributed by atoms with van der Waals surface area (Å²) >= 11 is 1.58. The maximum absolute atomic E-state index is 12.3. The number of hydrogen-bond acceptors (Lipinski definition) is 3. The molecule has 0 unspecified atom stereocenters. The SMILES string of the molecule is CCCCc1ccc(NS(=O)(=O)c2ccc(SC)cc2)cc1. The van der Waals surface area contributed by atoms with Crippen LogP contribution in [0.3, 0.4) is 0 Å². The van der Waals surface area contributed by atoms with E-state index < -0.39 is 10.0 Å². The third-order valence-electron chi connectivity index (χ3n) is 3.39. The number of aryl methyl sites for hydroxylation is 1. The molecule has 0 aliphatic heterocycles. The lowest BCUT2D eigenvalue weighted by Gasteiger charge is -2.09. The van der Waals surface area contributed by atoms with Crippen molar-refractivity contribution in [3.05, 3.63) is 54.1 Å². The highest BCUT2D eigenvalue weighted by molar-refractivity contribution is 7.98. The second-order valence-electron chi connectivity index (χ2n) is 5.08. The van der Waals surface area contributed by atoms with Crippen molar-refractivity contribution in [1.29, 1.82) is 0 Å². The lowest BCUT2D eigenvalue weighted by molar-refractivity contribution is 0.601. The van der Waals surface area contributed by atoms with E-state index in [4.69, 9.17) is 0 Å². The fraction of sp³-hybridized carbons (Fsp3) is 0.294. The molecule has 0 saturated carbocycles. The van der Waals surface area contributed by atoms with Gasteiger partial charge in [-0.3, -0.25) is 4.72 Å². The fourth-order valence-electron chi connectivity index (χ4n) is 2.09. The Morgan fingerprint density at radius 1 is 1.00 bits per heavy atom. The van der Waals surface area contributed by atoms with Crippen LogP contribution in [0.1, 0.15) is 25.3 Å². The van der Waals surface area contributed by atoms with Crippen molar-refractivity contribution in [3.8, 4) is 0 Å². The maximum atomic E-state index is 12.3. The van der Waals surface area contributed by atoms with Gasteiger partial charge in [0.1, 0.15) is 0 Å². The molecule has 5 heteroatoms. The first-order valence-corrected chi connectivity index (χ1v) is 10.0. The zero-order chi connectivity index (χ0) is 16.0. The molecule has 0 amide bonds. The van der Waals surface area contributed by atoms with Crippen LogP contribution in [0.5, 0.6) is 0 Å². The molecule has 0 aromatic heterocycles. The Balaban J connectivity index is 2.10. The van der Waals surface area contributed by atoms with E-state index in [1.165, 1.54) is 5.56 Å². The first kappa shape index (κ1) is 16.9. The topological polar surface area (TPSA) is 46.2 Å². The summed E-state index contributed by atoms with van der Waals surface area (Å²) in [6, 6.07) is 14.5. The lowest BCUT2D eigenvalue weighted by atomic mass is 10.1. The molecular weight excluding hydrogens is 314 g/mol. The summed E-state index contributed by atoms with van der Waals surface area (Å²) in [5.74, 6) is 0. The van der Waals surface area contributed by atoms with Crippen LogP contribution >= 0.6 is 11.8 Å². The quantitative estimate of drug-likeness (QED) is 0.755. The van der Waals surface area contributed by atoms with E-state index in [9.17, 15) is 8.42 Å². The van der Waals surface area contributed by atoms with E-state index >= 15 is 0 Å². The van der Waals surface area contributed by atoms with Gasteiger partial charge in [-0.15, -0.1) is 11.8 Å². The molecular formula is C17H21NO2S2. The van der Waals surface area contributed by atoms with Crippen molar-refractivity contribution in [2.24, 2.45) is 0 Å². The van der Waals surface area contributed by atoms with Gasteiger partial charge in [-0.05, 0) is 61.1 Å². The summed E-state index contributed by atoms with van der Waals surface area (Å²) in [5.41, 5.74) is 1.82. The molecule has 1 N–H and O–H groups in total. The number of benzene rings is 2. The van der Waals surface area contributed by atoms with Gasteiger partial charge < -0.3 is 0 Å². The second kappa shape index (κ2) is 7.70. The maximum Gasteiger partial charge on any atom is 0.261 e. The lowest BCUT2D eigenvalue weighted by Crippen LogP contribution is -2.12. The van der Waals surface area contributed by atoms with Crippen molar-refractivity contribution >= 4 is 27.5 Å². The van der Waals surface area contributed by atoms with Crippen LogP contribution in [0.15, 0.2) is 58.3 Å². The highest BCUT2D eigenvalue weighted by atomic mass is 32.2. The van der Waals surface area contributed by atoms with Gasteiger partial charge in [0.2, 0.25) is 0 Å². The summed E-state index contributed by atoms with van der Waals surface area (Å²) in [7, 11) is -3.53. The minimum atomic E-state index is -3.53. The predicted octanol–water partition coefficient (Wildman–Crippen LogP) is 4.55. The van der Waals surface area contributed by atoms with E-state index in [2.05, 4.69) is 11.6 Å². The molecule has 0 fully saturated rings. The molecule has 2 rings (SSSR count). The number of rotatable bonds is 7. The standard InChI is InChI=1S/C17H21NO2S2/c1-3-4-5-14-6-8-15(9-7-14)18-22(19,20)17-12-10-16(21-2)11-13-17/h6-13,18H,3-5H2,1-2H3. The molecule has 0 bridgehead atoms. The molecule has 2 aromatic rings. The minimum Gasteiger partial charge on any atom is -0.280 e. The van der Waals surface area contributed by atoms with Crippen molar-refractivity contribution in [3.63, 3.8) is 0 Å². The molecule has 0 radical (unpaired) electrons. The van der Waals surface area contributed by atoms with Crippen LogP contribution in [0.4, 0.5) is 5.69 Å². The van der Waals surface area contributed by atoms with Gasteiger partial charge in [-0.2, -0.15) is 0 Å². The monoisotopic (exact) mass is 335 g/mol. The van der Waals surface area contributed by atoms with Crippen molar-refractivity contribution < 1.29 is 8.42 Å². The fourth-order valence-corrected chi connectivity index (χ4v) is 3.56. The average molecular weight is 335 g/mol. The van der Waals surface area contributed by atoms with Crippen molar-refractivity contribution in [2.45, 2.75) is 36.0 Å². The number of sulfonamides is 1. The van der Waals surface area contributed by atoms with E-state index in [0.29, 0.717) is 5.69 Å². The molecule has 0 atom stereocenters. The molecule has 0 spiro atoms. The molecule has 0 aliphatic carbocycles. The molecule has 3 nitrogen and oxygen atoms in total. The minimum absolute atomic E-state index is 0.278. The molecule has 2 aromatic carbocycles. The van der Waals surface area contributed by atoms with Gasteiger partial charge in [0.25, 0.3) is 10.0 Å². The van der Waals surface area contributed by atoms with Crippen LogP contribution in [-0.2, 0) is 16.4 Å². The first-order valence-electron chi connectivity index (χ1n) is 7.31. The highest BCUT2D eigenvalue weighted by Crippen LogP contribution is 2.20. The van der Waals surface area contributed by atoms with Gasteiger partial charge >= 0.3 is 0 Å². The molecule has 0 heterocycles. The smallest absolute Gasteiger partial charge is 0.261 e. The van der Waals surface area contributed by atoms with Crippen molar-refractivity contribution in [1.82, 2.24) is 0 Å². The van der Waals surface area contributed by atoms with Gasteiger partial charge in [-0.25, -0.2) is 8.42 Å². The Morgan fingerprint density at radius 2 is 1.64 bits per heavy atom. The number of nitrogens with one attached hydrogen (secondary N) is 1. The van der Waals surface area contributed by atoms with E-state index in [-0.39, 0.29) is 4.90 Å². The summed E-state index contributed by atoms with van der Waals surface area (Å²) < 4.78 is 27.3. The van der Waals surface area contributed by atoms with Gasteiger partial charge in [0.15, 0.2) is 0 Å². The average Bonchev–Trinajstić information content (AvgIpc) is 2.54. The number of hydrogen-bond donors (Lipinski definition) is 1. The van der Waals surface area contributed by atoms with Crippen LogP contribution in [-0.4, -0.2) is 14.7 Å². The van der Waals surface area contributed by atoms with Gasteiger partial charge in [0.05, 0.1) is 4.90 Å². The Bertz CT molecular complexity index is 692. The number of anilines is 1. The summed E-state index contributed by atoms with van der Waals surface area (Å²) in [4.78, 5) is 1.32. The second-order valence-corrected chi connectivity index (χ2v) is 7.64. The normalized spacial score (nSPS) is 11.4. The third kappa shape index (κ3) is 4.52. The van der Waals surface area contributed by atoms with Crippen LogP contribution in [0.25, 0.3) is 0 Å². The Kier molecular flexibility index (Phi) is 5.91. The molecule has 118 valence electrons. The summed E-state index contributed by atoms with van der Waals surface area (Å²) in [6.07, 6.45) is 5.29. The van der Waals surface area contributed by atoms with Crippen LogP contribution in [0.2, 0.25) is 0 Å². The Labute approximate surface area is 137 Å². The van der Waals surface area contributed by atoms with E-state index in [1.54, 1.807) is 23.9 Å². The Hall–Kier alpha value is -1.46. The summed E-state index contributed by atoms with van der Waals surface area (Å²) in [6.45, 7) is 2.16. The first-order chi connectivity index (χ1) is 10.5. The summed E-state index contributed by atoms with van der Waals surface area (Å²) in [5, 5.41) is 0. The zero-order valence-electron chi connectivity index (χ0n) is 12.9. The molecule has 0 aliphatic rings. The van der Waals surface area contributed by atoms with Gasteiger partial charge in [-0.1, -0.05) is 25.5 Å². The number of unbranched alkanes of at least 4 members (excludes halogenated alkanes) is 1. The van der Waals surface area contributed by atoms with Crippen LogP contribution in [0, 0.1) is 0 Å². The molecule has 22 heavy (non-hydrogen) atoms. The van der Waals surface area contributed by atoms with Crippen LogP contribution < -0.4 is 4.72 Å². The number of thioether (sulfide) groups is 1. The predicted molar refractivity (Wildman–Crippen MR) is 94.1 cm³/mol. The molecule has 0 saturated heterocycles. The van der Waals surface area contributed by atoms with E-state index in [0.717, 1.165) is 24.2 Å². The van der Waals surface area contributed by atoms with Crippen molar-refractivity contribution in [2.75, 3.05) is 11.0 Å². The Morgan fingerprint density at radius 3 is 2.18 bits per heavy atom. The highest BCUT2D eigenvalue weighted by Gasteiger charge is 2.13. The largest absolute Gasteiger partial charge is 0.280 e. The van der Waals surface area contributed by atoms with Gasteiger partial charge in [0, 0.05) is 10.6 Å².